The number of hydrogen-bond acceptors (Lipinski definition) is 27. The molecule has 0 aliphatic rings. The summed E-state index contributed by atoms with van der Waals surface area (Å²) in [5, 5.41) is 121. The molecular formula is C109H107Cl2F5N8O23. The van der Waals surface area contributed by atoms with Gasteiger partial charge in [-0.05, 0) is 159 Å². The zero-order chi connectivity index (χ0) is 105. The van der Waals surface area contributed by atoms with E-state index >= 15 is 0 Å². The molecule has 4 atom stereocenters. The molecule has 12 aromatic carbocycles. The van der Waals surface area contributed by atoms with Gasteiger partial charge in [-0.3, -0.25) is 19.2 Å². The first-order chi connectivity index (χ1) is 71.0. The second kappa shape index (κ2) is 51.1. The number of carbonyl (C=O) groups is 4. The average Bonchev–Trinajstić information content (AvgIpc) is 1.62. The number of rotatable bonds is 43. The molecular weight excluding hydrogens is 1960 g/mol. The van der Waals surface area contributed by atoms with Crippen molar-refractivity contribution in [3.8, 4) is 46.0 Å². The first kappa shape index (κ1) is 109. The van der Waals surface area contributed by atoms with Gasteiger partial charge in [0.2, 0.25) is 0 Å². The van der Waals surface area contributed by atoms with E-state index in [0.29, 0.717) is 161 Å². The number of hydrogen-bond donors (Lipinski definition) is 19. The number of aliphatic hydroxyl groups is 11. The number of ether oxygens (including phenoxy) is 8. The van der Waals surface area contributed by atoms with E-state index in [0.717, 1.165) is 28.3 Å². The lowest BCUT2D eigenvalue weighted by Crippen LogP contribution is -2.23. The van der Waals surface area contributed by atoms with Crippen LogP contribution in [0.1, 0.15) is 138 Å². The number of ketones is 4. The van der Waals surface area contributed by atoms with Crippen LogP contribution in [0.4, 0.5) is 44.7 Å². The Morgan fingerprint density at radius 3 is 0.912 bits per heavy atom. The maximum absolute atomic E-state index is 14.5. The minimum absolute atomic E-state index is 0.0400. The summed E-state index contributed by atoms with van der Waals surface area (Å²) in [5.74, 6) is -0.899. The number of aromatic nitrogens is 4. The second-order valence-electron chi connectivity index (χ2n) is 33.3. The van der Waals surface area contributed by atoms with Crippen molar-refractivity contribution in [2.24, 2.45) is 0 Å². The lowest BCUT2D eigenvalue weighted by atomic mass is 9.92. The van der Waals surface area contributed by atoms with Gasteiger partial charge in [0.1, 0.15) is 126 Å². The zero-order valence-electron chi connectivity index (χ0n) is 80.2. The molecule has 4 aromatic heterocycles. The van der Waals surface area contributed by atoms with Crippen LogP contribution in [-0.4, -0.2) is 181 Å². The van der Waals surface area contributed by atoms with Crippen molar-refractivity contribution >= 4 is 113 Å². The molecule has 19 N–H and O–H groups in total. The van der Waals surface area contributed by atoms with E-state index in [4.69, 9.17) is 81.5 Å². The highest BCUT2D eigenvalue weighted by atomic mass is 35.5. The van der Waals surface area contributed by atoms with Gasteiger partial charge in [-0.25, -0.2) is 22.0 Å². The Morgan fingerprint density at radius 1 is 0.306 bits per heavy atom. The number of anilines is 4. The largest absolute Gasteiger partial charge is 0.497 e. The van der Waals surface area contributed by atoms with Crippen LogP contribution in [0.15, 0.2) is 219 Å². The van der Waals surface area contributed by atoms with Gasteiger partial charge >= 0.3 is 0 Å². The molecule has 0 saturated carbocycles. The molecule has 4 unspecified atom stereocenters. The standard InChI is InChI=1S/C28H29FN2O6.C27H26ClFN2O6.C27H26ClFN2O5.C27H26F2N2O6/c1-16-7-24-25(13-30-26(24)9-17(16)14-33)28(35)27(23-4-3-19(29)8-18(23)15-34)31-20-10-21(36-2)12-22(11-20)37-6-5-32;1-36-19-9-18(10-20(11-19)37-7-6-32)31-26(21-5-3-17(29)8-16(21)14-34)27(35)23-12-30-25-22(23)4-2-15(13-33)24(25)28;1-15-24(28)6-5-22-23(13-30-25(15)22)27(34)26(21-4-3-17(29)9-16(21)14-33)31-18-10-19(35-2)12-20(11-18)36-8-7-32;1-36-19-8-18(9-20(10-19)37-5-4-32)31-26(21-3-2-17(28)6-15(21)13-33)27(35)23-12-30-25-7-16(14-34)24(29)11-22(23)25/h3-4,7-13,27,30-34H,5-6,14-15H2,1-2H3;2-5,8-12,26,30-34H,6-7,13-14H2,1H3;3-6,9-13,26,30-33H,7-8,14H2,1-2H3;2-3,6-12,26,30-34H,4-5,13-14H2,1H3. The molecule has 0 saturated heterocycles. The molecule has 16 rings (SSSR count). The van der Waals surface area contributed by atoms with Crippen molar-refractivity contribution in [1.82, 2.24) is 19.9 Å². The predicted molar refractivity (Wildman–Crippen MR) is 545 cm³/mol. The van der Waals surface area contributed by atoms with E-state index in [9.17, 15) is 76.9 Å². The molecule has 0 spiro atoms. The Morgan fingerprint density at radius 2 is 0.592 bits per heavy atom. The van der Waals surface area contributed by atoms with E-state index in [1.165, 1.54) is 120 Å². The molecule has 4 heterocycles. The highest BCUT2D eigenvalue weighted by Crippen LogP contribution is 2.43. The molecule has 38 heteroatoms. The molecule has 147 heavy (non-hydrogen) atoms. The Balaban J connectivity index is 0.000000164. The van der Waals surface area contributed by atoms with Crippen LogP contribution in [0, 0.1) is 42.9 Å². The minimum atomic E-state index is -1.12. The Kier molecular flexibility index (Phi) is 37.9. The van der Waals surface area contributed by atoms with Gasteiger partial charge in [-0.15, -0.1) is 0 Å². The molecule has 31 nitrogen and oxygen atoms in total. The number of aliphatic hydroxyl groups excluding tert-OH is 11. The van der Waals surface area contributed by atoms with Gasteiger partial charge in [-0.2, -0.15) is 0 Å². The second-order valence-corrected chi connectivity index (χ2v) is 34.1. The zero-order valence-corrected chi connectivity index (χ0v) is 81.7. The van der Waals surface area contributed by atoms with Gasteiger partial charge < -0.3 is 135 Å². The van der Waals surface area contributed by atoms with Crippen molar-refractivity contribution in [3.05, 3.63) is 353 Å². The quantitative estimate of drug-likeness (QED) is 0.0125. The number of carbonyl (C=O) groups excluding carboxylic acids is 4. The summed E-state index contributed by atoms with van der Waals surface area (Å²) in [6, 6.07) is 44.1. The Labute approximate surface area is 848 Å². The first-order valence-electron chi connectivity index (χ1n) is 45.8. The van der Waals surface area contributed by atoms with Crippen LogP contribution in [0.25, 0.3) is 43.6 Å². The number of H-pyrrole nitrogens is 4. The SMILES string of the molecule is COc1cc(NC(C(=O)c2c[nH]c3c(C)c(Cl)ccc23)c2ccc(F)cc2CO)cc(OCCO)c1.COc1cc(NC(C(=O)c2c[nH]c3c(Cl)c(CO)ccc23)c2ccc(F)cc2CO)cc(OCCO)c1.COc1cc(NC(C(=O)c2c[nH]c3cc(CO)c(C)cc23)c2ccc(F)cc2CO)cc(OCCO)c1.COc1cc(NC(C(=O)c2c[nH]c3cc(CO)c(F)cc23)c2ccc(F)cc2CO)cc(OCCO)c1. The smallest absolute Gasteiger partial charge is 0.191 e. The first-order valence-corrected chi connectivity index (χ1v) is 46.6. The number of halogens is 7. The molecule has 0 radical (unpaired) electrons. The third kappa shape index (κ3) is 26.0. The number of aryl methyl sites for hydroxylation is 2. The van der Waals surface area contributed by atoms with Crippen molar-refractivity contribution in [2.45, 2.75) is 84.3 Å². The average molecular weight is 2060 g/mol. The van der Waals surface area contributed by atoms with E-state index in [2.05, 4.69) is 41.2 Å². The van der Waals surface area contributed by atoms with E-state index in [1.54, 1.807) is 116 Å². The third-order valence-corrected chi connectivity index (χ3v) is 24.9. The van der Waals surface area contributed by atoms with E-state index in [1.807, 2.05) is 19.9 Å². The summed E-state index contributed by atoms with van der Waals surface area (Å²) in [6.07, 6.45) is 6.18. The van der Waals surface area contributed by atoms with E-state index in [-0.39, 0.29) is 117 Å². The highest BCUT2D eigenvalue weighted by molar-refractivity contribution is 6.36. The normalized spacial score (nSPS) is 11.9. The summed E-state index contributed by atoms with van der Waals surface area (Å²) in [5.41, 5.74) is 11.0. The summed E-state index contributed by atoms with van der Waals surface area (Å²) < 4.78 is 114. The number of nitrogens with one attached hydrogen (secondary N) is 8. The predicted octanol–water partition coefficient (Wildman–Crippen LogP) is 17.4. The van der Waals surface area contributed by atoms with Crippen molar-refractivity contribution in [3.63, 3.8) is 0 Å². The Bertz CT molecular complexity index is 6990. The van der Waals surface area contributed by atoms with Crippen LogP contribution in [-0.2, 0) is 46.2 Å². The molecule has 0 aliphatic carbocycles. The number of aromatic amines is 4. The van der Waals surface area contributed by atoms with Crippen molar-refractivity contribution < 1.29 is 135 Å². The van der Waals surface area contributed by atoms with Gasteiger partial charge in [0, 0.05) is 186 Å². The monoisotopic (exact) mass is 2060 g/mol. The molecule has 0 bridgehead atoms. The third-order valence-electron chi connectivity index (χ3n) is 24.0. The topological polar surface area (TPSA) is 476 Å². The Hall–Kier alpha value is -15.1. The minimum Gasteiger partial charge on any atom is -0.497 e. The van der Waals surface area contributed by atoms with Crippen molar-refractivity contribution in [1.29, 1.82) is 0 Å². The molecule has 0 amide bonds. The van der Waals surface area contributed by atoms with Crippen LogP contribution in [0.2, 0.25) is 10.0 Å². The highest BCUT2D eigenvalue weighted by Gasteiger charge is 2.34. The van der Waals surface area contributed by atoms with Crippen LogP contribution in [0.5, 0.6) is 46.0 Å². The maximum atomic E-state index is 14.5. The molecule has 16 aromatic rings. The number of benzene rings is 12. The summed E-state index contributed by atoms with van der Waals surface area (Å²) in [6.45, 7) is 0.446. The fourth-order valence-corrected chi connectivity index (χ4v) is 17.2. The van der Waals surface area contributed by atoms with Crippen molar-refractivity contribution in [2.75, 3.05) is 103 Å². The summed E-state index contributed by atoms with van der Waals surface area (Å²) in [7, 11) is 5.94. The van der Waals surface area contributed by atoms with Crippen LogP contribution < -0.4 is 59.2 Å². The lowest BCUT2D eigenvalue weighted by molar-refractivity contribution is 0.0962. The molecule has 0 fully saturated rings. The lowest BCUT2D eigenvalue weighted by Gasteiger charge is -2.22. The van der Waals surface area contributed by atoms with E-state index < -0.39 is 92.1 Å². The summed E-state index contributed by atoms with van der Waals surface area (Å²) in [4.78, 5) is 68.2. The number of fused-ring (bicyclic) bond motifs is 4. The van der Waals surface area contributed by atoms with Gasteiger partial charge in [0.05, 0.1) is 117 Å². The summed E-state index contributed by atoms with van der Waals surface area (Å²) >= 11 is 12.7. The fourth-order valence-electron chi connectivity index (χ4n) is 16.7. The van der Waals surface area contributed by atoms with Gasteiger partial charge in [0.25, 0.3) is 0 Å². The molecule has 770 valence electrons. The van der Waals surface area contributed by atoms with Crippen LogP contribution in [0.3, 0.4) is 0 Å². The van der Waals surface area contributed by atoms with Gasteiger partial charge in [0.15, 0.2) is 23.1 Å². The number of methoxy groups -OCH3 is 4. The van der Waals surface area contributed by atoms with Crippen LogP contribution >= 0.6 is 23.2 Å². The maximum Gasteiger partial charge on any atom is 0.191 e. The number of Topliss-reactive ketones (excluding diaryl/α,β-unsaturated/α-hetero) is 4. The molecule has 0 aliphatic heterocycles. The van der Waals surface area contributed by atoms with Gasteiger partial charge in [-0.1, -0.05) is 65.7 Å². The fraction of sp³-hybridized carbons (Fsp3) is 0.229.